The minimum Gasteiger partial charge on any atom is -0.497 e. The number of nitrogens with zero attached hydrogens (tertiary/aromatic N) is 2. The van der Waals surface area contributed by atoms with Gasteiger partial charge in [-0.1, -0.05) is 18.2 Å². The Balaban J connectivity index is 2.09. The highest BCUT2D eigenvalue weighted by Gasteiger charge is 2.30. The molecule has 22 heavy (non-hydrogen) atoms. The SMILES string of the molecule is COc1cccc(N2C[C@H](C)N(C(C)=O)c3ccccc32)c1. The van der Waals surface area contributed by atoms with Crippen molar-refractivity contribution in [3.05, 3.63) is 48.5 Å². The van der Waals surface area contributed by atoms with Crippen LogP contribution < -0.4 is 14.5 Å². The molecule has 0 N–H and O–H groups in total. The molecule has 1 heterocycles. The van der Waals surface area contributed by atoms with E-state index in [9.17, 15) is 4.79 Å². The zero-order valence-corrected chi connectivity index (χ0v) is 13.1. The number of rotatable bonds is 2. The fraction of sp³-hybridized carbons (Fsp3) is 0.278. The molecule has 4 heteroatoms. The van der Waals surface area contributed by atoms with Crippen molar-refractivity contribution < 1.29 is 9.53 Å². The largest absolute Gasteiger partial charge is 0.497 e. The van der Waals surface area contributed by atoms with Gasteiger partial charge in [0.15, 0.2) is 0 Å². The van der Waals surface area contributed by atoms with Gasteiger partial charge in [0.25, 0.3) is 0 Å². The Labute approximate surface area is 130 Å². The molecule has 1 amide bonds. The number of methoxy groups -OCH3 is 1. The van der Waals surface area contributed by atoms with E-state index in [2.05, 4.69) is 24.0 Å². The molecule has 0 aromatic heterocycles. The third-order valence-corrected chi connectivity index (χ3v) is 4.02. The third-order valence-electron chi connectivity index (χ3n) is 4.02. The van der Waals surface area contributed by atoms with Crippen LogP contribution in [0.15, 0.2) is 48.5 Å². The van der Waals surface area contributed by atoms with Crippen molar-refractivity contribution in [2.24, 2.45) is 0 Å². The van der Waals surface area contributed by atoms with Crippen molar-refractivity contribution in [2.75, 3.05) is 23.5 Å². The van der Waals surface area contributed by atoms with Gasteiger partial charge in [-0.15, -0.1) is 0 Å². The average Bonchev–Trinajstić information content (AvgIpc) is 2.53. The first-order valence-electron chi connectivity index (χ1n) is 7.42. The fourth-order valence-corrected chi connectivity index (χ4v) is 3.08. The van der Waals surface area contributed by atoms with Crippen LogP contribution in [0.25, 0.3) is 0 Å². The van der Waals surface area contributed by atoms with E-state index in [1.165, 1.54) is 0 Å². The molecule has 114 valence electrons. The number of anilines is 3. The van der Waals surface area contributed by atoms with Crippen molar-refractivity contribution in [1.29, 1.82) is 0 Å². The van der Waals surface area contributed by atoms with Crippen LogP contribution in [0.4, 0.5) is 17.1 Å². The maximum Gasteiger partial charge on any atom is 0.224 e. The summed E-state index contributed by atoms with van der Waals surface area (Å²) in [5, 5.41) is 0. The standard InChI is InChI=1S/C18H20N2O2/c1-13-12-19(15-7-6-8-16(11-15)22-3)17-9-4-5-10-18(17)20(13)14(2)21/h4-11,13H,12H2,1-3H3/t13-/m0/s1. The van der Waals surface area contributed by atoms with Crippen LogP contribution in [-0.2, 0) is 4.79 Å². The second-order valence-corrected chi connectivity index (χ2v) is 5.54. The van der Waals surface area contributed by atoms with Gasteiger partial charge in [-0.05, 0) is 31.2 Å². The van der Waals surface area contributed by atoms with Gasteiger partial charge in [0.2, 0.25) is 5.91 Å². The van der Waals surface area contributed by atoms with Crippen LogP contribution in [0, 0.1) is 0 Å². The summed E-state index contributed by atoms with van der Waals surface area (Å²) in [7, 11) is 1.67. The summed E-state index contributed by atoms with van der Waals surface area (Å²) < 4.78 is 5.33. The van der Waals surface area contributed by atoms with E-state index < -0.39 is 0 Å². The first-order valence-corrected chi connectivity index (χ1v) is 7.42. The van der Waals surface area contributed by atoms with Gasteiger partial charge in [0, 0.05) is 25.2 Å². The highest BCUT2D eigenvalue weighted by Crippen LogP contribution is 2.40. The van der Waals surface area contributed by atoms with Crippen LogP contribution in [0.2, 0.25) is 0 Å². The van der Waals surface area contributed by atoms with Crippen LogP contribution >= 0.6 is 0 Å². The Hall–Kier alpha value is -2.49. The monoisotopic (exact) mass is 296 g/mol. The van der Waals surface area contributed by atoms with E-state index in [4.69, 9.17) is 4.74 Å². The van der Waals surface area contributed by atoms with E-state index in [0.717, 1.165) is 29.4 Å². The third kappa shape index (κ3) is 2.41. The Morgan fingerprint density at radius 3 is 2.55 bits per heavy atom. The average molecular weight is 296 g/mol. The summed E-state index contributed by atoms with van der Waals surface area (Å²) in [6, 6.07) is 16.1. The molecule has 1 atom stereocenters. The summed E-state index contributed by atoms with van der Waals surface area (Å²) in [4.78, 5) is 16.1. The maximum atomic E-state index is 12.0. The summed E-state index contributed by atoms with van der Waals surface area (Å²) in [5.41, 5.74) is 3.07. The molecule has 3 rings (SSSR count). The number of carbonyl (C=O) groups is 1. The number of carbonyl (C=O) groups excluding carboxylic acids is 1. The first kappa shape index (κ1) is 14.4. The number of amides is 1. The predicted octanol–water partition coefficient (Wildman–Crippen LogP) is 3.59. The number of hydrogen-bond donors (Lipinski definition) is 0. The topological polar surface area (TPSA) is 32.8 Å². The first-order chi connectivity index (χ1) is 10.6. The molecule has 0 saturated heterocycles. The van der Waals surface area contributed by atoms with Crippen molar-refractivity contribution in [3.63, 3.8) is 0 Å². The lowest BCUT2D eigenvalue weighted by molar-refractivity contribution is -0.117. The van der Waals surface area contributed by atoms with Gasteiger partial charge < -0.3 is 14.5 Å². The Morgan fingerprint density at radius 1 is 1.14 bits per heavy atom. The van der Waals surface area contributed by atoms with Crippen molar-refractivity contribution in [1.82, 2.24) is 0 Å². The molecule has 0 aliphatic carbocycles. The molecule has 0 radical (unpaired) electrons. The Morgan fingerprint density at radius 2 is 1.86 bits per heavy atom. The van der Waals surface area contributed by atoms with Gasteiger partial charge in [-0.3, -0.25) is 4.79 Å². The van der Waals surface area contributed by atoms with Crippen molar-refractivity contribution in [3.8, 4) is 5.75 Å². The lowest BCUT2D eigenvalue weighted by Crippen LogP contribution is -2.48. The molecule has 1 aliphatic rings. The van der Waals surface area contributed by atoms with Crippen molar-refractivity contribution in [2.45, 2.75) is 19.9 Å². The van der Waals surface area contributed by atoms with Crippen LogP contribution in [-0.4, -0.2) is 25.6 Å². The van der Waals surface area contributed by atoms with Crippen LogP contribution in [0.1, 0.15) is 13.8 Å². The van der Waals surface area contributed by atoms with Gasteiger partial charge in [-0.2, -0.15) is 0 Å². The highest BCUT2D eigenvalue weighted by molar-refractivity contribution is 5.98. The normalized spacial score (nSPS) is 17.1. The lowest BCUT2D eigenvalue weighted by Gasteiger charge is -2.41. The summed E-state index contributed by atoms with van der Waals surface area (Å²) in [6.45, 7) is 4.45. The maximum absolute atomic E-state index is 12.0. The molecule has 0 spiro atoms. The van der Waals surface area contributed by atoms with E-state index in [1.807, 2.05) is 41.3 Å². The number of hydrogen-bond acceptors (Lipinski definition) is 3. The van der Waals surface area contributed by atoms with Gasteiger partial charge >= 0.3 is 0 Å². The summed E-state index contributed by atoms with van der Waals surface area (Å²) in [6.07, 6.45) is 0. The molecule has 2 aromatic carbocycles. The molecule has 4 nitrogen and oxygen atoms in total. The molecule has 0 fully saturated rings. The molecule has 0 saturated carbocycles. The van der Waals surface area contributed by atoms with Gasteiger partial charge in [-0.25, -0.2) is 0 Å². The van der Waals surface area contributed by atoms with E-state index in [-0.39, 0.29) is 11.9 Å². The zero-order valence-electron chi connectivity index (χ0n) is 13.1. The fourth-order valence-electron chi connectivity index (χ4n) is 3.08. The Bertz CT molecular complexity index is 699. The van der Waals surface area contributed by atoms with E-state index in [1.54, 1.807) is 14.0 Å². The number of ether oxygens (including phenoxy) is 1. The van der Waals surface area contributed by atoms with E-state index >= 15 is 0 Å². The Kier molecular flexibility index (Phi) is 3.75. The smallest absolute Gasteiger partial charge is 0.224 e. The molecule has 1 aliphatic heterocycles. The minimum absolute atomic E-state index is 0.0743. The predicted molar refractivity (Wildman–Crippen MR) is 89.1 cm³/mol. The van der Waals surface area contributed by atoms with Crippen LogP contribution in [0.3, 0.4) is 0 Å². The highest BCUT2D eigenvalue weighted by atomic mass is 16.5. The van der Waals surface area contributed by atoms with Crippen molar-refractivity contribution >= 4 is 23.0 Å². The molecule has 0 bridgehead atoms. The molecule has 0 unspecified atom stereocenters. The minimum atomic E-state index is 0.0743. The van der Waals surface area contributed by atoms with Crippen LogP contribution in [0.5, 0.6) is 5.75 Å². The second kappa shape index (κ2) is 5.72. The van der Waals surface area contributed by atoms with Gasteiger partial charge in [0.05, 0.1) is 24.5 Å². The number of benzene rings is 2. The number of fused-ring (bicyclic) bond motifs is 1. The molecular weight excluding hydrogens is 276 g/mol. The van der Waals surface area contributed by atoms with E-state index in [0.29, 0.717) is 0 Å². The number of para-hydroxylation sites is 2. The second-order valence-electron chi connectivity index (χ2n) is 5.54. The molecular formula is C18H20N2O2. The lowest BCUT2D eigenvalue weighted by atomic mass is 10.1. The summed E-state index contributed by atoms with van der Waals surface area (Å²) in [5.74, 6) is 0.905. The zero-order chi connectivity index (χ0) is 15.7. The quantitative estimate of drug-likeness (QED) is 0.849. The molecule has 2 aromatic rings. The summed E-state index contributed by atoms with van der Waals surface area (Å²) >= 11 is 0. The van der Waals surface area contributed by atoms with Gasteiger partial charge in [0.1, 0.15) is 5.75 Å².